The number of benzene rings is 2. The zero-order valence-corrected chi connectivity index (χ0v) is 10.6. The summed E-state index contributed by atoms with van der Waals surface area (Å²) in [7, 11) is -1.66. The second-order valence-corrected chi connectivity index (χ2v) is 5.29. The Morgan fingerprint density at radius 1 is 1.11 bits per heavy atom. The minimum Gasteiger partial charge on any atom is -0.254 e. The fourth-order valence-electron chi connectivity index (χ4n) is 1.56. The molecule has 1 unspecified atom stereocenters. The number of rotatable bonds is 3. The van der Waals surface area contributed by atoms with E-state index < -0.39 is 22.4 Å². The molecule has 0 aliphatic heterocycles. The van der Waals surface area contributed by atoms with Crippen molar-refractivity contribution in [1.82, 2.24) is 0 Å². The number of hydrogen-bond acceptors (Lipinski definition) is 2. The molecular weight excluding hydrogens is 268 g/mol. The predicted molar refractivity (Wildman–Crippen MR) is 67.6 cm³/mol. The second-order valence-electron chi connectivity index (χ2n) is 3.87. The molecule has 0 aliphatic carbocycles. The Morgan fingerprint density at radius 3 is 2.42 bits per heavy atom. The van der Waals surface area contributed by atoms with Crippen molar-refractivity contribution in [3.05, 3.63) is 65.2 Å². The van der Waals surface area contributed by atoms with Gasteiger partial charge in [-0.05, 0) is 35.9 Å². The van der Waals surface area contributed by atoms with Gasteiger partial charge in [-0.1, -0.05) is 12.1 Å². The third kappa shape index (κ3) is 3.24. The summed E-state index contributed by atoms with van der Waals surface area (Å²) in [6, 6.07) is 11.3. The molecule has 0 saturated heterocycles. The van der Waals surface area contributed by atoms with Gasteiger partial charge in [0.05, 0.1) is 33.1 Å². The number of nitriles is 1. The van der Waals surface area contributed by atoms with E-state index in [2.05, 4.69) is 0 Å². The highest BCUT2D eigenvalue weighted by molar-refractivity contribution is 7.84. The van der Waals surface area contributed by atoms with E-state index in [4.69, 9.17) is 5.26 Å². The molecule has 0 N–H and O–H groups in total. The third-order valence-corrected chi connectivity index (χ3v) is 3.92. The molecule has 96 valence electrons. The molecule has 0 bridgehead atoms. The predicted octanol–water partition coefficient (Wildman–Crippen LogP) is 3.14. The topological polar surface area (TPSA) is 40.9 Å². The molecule has 0 saturated carbocycles. The van der Waals surface area contributed by atoms with Crippen LogP contribution in [0.25, 0.3) is 0 Å². The first-order valence-electron chi connectivity index (χ1n) is 5.42. The smallest absolute Gasteiger partial charge is 0.139 e. The van der Waals surface area contributed by atoms with Gasteiger partial charge in [0.25, 0.3) is 0 Å². The van der Waals surface area contributed by atoms with Crippen LogP contribution in [0.1, 0.15) is 11.1 Å². The monoisotopic (exact) mass is 277 g/mol. The highest BCUT2D eigenvalue weighted by atomic mass is 32.2. The standard InChI is InChI=1S/C14H9F2NOS/c15-12-5-6-13(16)14(7-12)19(18)9-11-3-1-10(8-17)2-4-11/h1-7H,9H2. The SMILES string of the molecule is N#Cc1ccc(CS(=O)c2cc(F)ccc2F)cc1. The molecule has 0 aromatic heterocycles. The van der Waals surface area contributed by atoms with E-state index in [-0.39, 0.29) is 10.6 Å². The Hall–Kier alpha value is -2.06. The fourth-order valence-corrected chi connectivity index (χ4v) is 2.74. The van der Waals surface area contributed by atoms with Gasteiger partial charge in [-0.2, -0.15) is 5.26 Å². The van der Waals surface area contributed by atoms with E-state index in [1.165, 1.54) is 0 Å². The summed E-state index contributed by atoms with van der Waals surface area (Å²) in [5, 5.41) is 8.65. The first kappa shape index (κ1) is 13.4. The van der Waals surface area contributed by atoms with Gasteiger partial charge in [-0.25, -0.2) is 8.78 Å². The number of halogens is 2. The zero-order valence-electron chi connectivity index (χ0n) is 9.77. The van der Waals surface area contributed by atoms with Crippen molar-refractivity contribution in [2.45, 2.75) is 10.6 Å². The van der Waals surface area contributed by atoms with Crippen LogP contribution in [0.4, 0.5) is 8.78 Å². The van der Waals surface area contributed by atoms with Crippen LogP contribution in [0, 0.1) is 23.0 Å². The molecule has 2 nitrogen and oxygen atoms in total. The fraction of sp³-hybridized carbons (Fsp3) is 0.0714. The summed E-state index contributed by atoms with van der Waals surface area (Å²) in [6.07, 6.45) is 0. The maximum absolute atomic E-state index is 13.4. The van der Waals surface area contributed by atoms with Crippen LogP contribution in [0.2, 0.25) is 0 Å². The van der Waals surface area contributed by atoms with Gasteiger partial charge in [0, 0.05) is 0 Å². The molecule has 19 heavy (non-hydrogen) atoms. The van der Waals surface area contributed by atoms with Crippen molar-refractivity contribution in [3.63, 3.8) is 0 Å². The highest BCUT2D eigenvalue weighted by Gasteiger charge is 2.12. The molecule has 0 fully saturated rings. The van der Waals surface area contributed by atoms with Gasteiger partial charge in [0.2, 0.25) is 0 Å². The molecule has 0 heterocycles. The molecule has 2 aromatic rings. The van der Waals surface area contributed by atoms with Gasteiger partial charge in [0.15, 0.2) is 0 Å². The Labute approximate surface area is 111 Å². The minimum absolute atomic E-state index is 0.0755. The van der Waals surface area contributed by atoms with Gasteiger partial charge < -0.3 is 0 Å². The van der Waals surface area contributed by atoms with Gasteiger partial charge >= 0.3 is 0 Å². The molecule has 5 heteroatoms. The summed E-state index contributed by atoms with van der Waals surface area (Å²) in [5.74, 6) is -1.23. The quantitative estimate of drug-likeness (QED) is 0.864. The van der Waals surface area contributed by atoms with Crippen LogP contribution in [-0.4, -0.2) is 4.21 Å². The van der Waals surface area contributed by atoms with E-state index in [9.17, 15) is 13.0 Å². The average molecular weight is 277 g/mol. The first-order valence-corrected chi connectivity index (χ1v) is 6.74. The molecule has 0 aliphatic rings. The summed E-state index contributed by atoms with van der Waals surface area (Å²) in [4.78, 5) is -0.149. The van der Waals surface area contributed by atoms with Crippen LogP contribution in [0.15, 0.2) is 47.4 Å². The Balaban J connectivity index is 2.21. The maximum Gasteiger partial charge on any atom is 0.139 e. The van der Waals surface area contributed by atoms with Crippen molar-refractivity contribution >= 4 is 10.8 Å². The van der Waals surface area contributed by atoms with Crippen LogP contribution in [-0.2, 0) is 16.6 Å². The summed E-state index contributed by atoms with van der Waals surface area (Å²) in [5.41, 5.74) is 1.19. The molecule has 0 radical (unpaired) electrons. The molecule has 0 spiro atoms. The van der Waals surface area contributed by atoms with Crippen LogP contribution < -0.4 is 0 Å². The lowest BCUT2D eigenvalue weighted by Crippen LogP contribution is -2.00. The summed E-state index contributed by atoms with van der Waals surface area (Å²) >= 11 is 0. The van der Waals surface area contributed by atoms with Crippen LogP contribution in [0.5, 0.6) is 0 Å². The molecule has 0 amide bonds. The van der Waals surface area contributed by atoms with Crippen molar-refractivity contribution in [2.24, 2.45) is 0 Å². The van der Waals surface area contributed by atoms with Crippen molar-refractivity contribution < 1.29 is 13.0 Å². The van der Waals surface area contributed by atoms with E-state index >= 15 is 0 Å². The van der Waals surface area contributed by atoms with Crippen molar-refractivity contribution in [3.8, 4) is 6.07 Å². The van der Waals surface area contributed by atoms with Crippen molar-refractivity contribution in [1.29, 1.82) is 5.26 Å². The van der Waals surface area contributed by atoms with Crippen LogP contribution >= 0.6 is 0 Å². The lowest BCUT2D eigenvalue weighted by Gasteiger charge is -2.04. The van der Waals surface area contributed by atoms with Crippen LogP contribution in [0.3, 0.4) is 0 Å². The first-order chi connectivity index (χ1) is 9.10. The highest BCUT2D eigenvalue weighted by Crippen LogP contribution is 2.17. The van der Waals surface area contributed by atoms with E-state index in [0.29, 0.717) is 11.1 Å². The summed E-state index contributed by atoms with van der Waals surface area (Å²) in [6.45, 7) is 0. The lowest BCUT2D eigenvalue weighted by atomic mass is 10.2. The molecule has 1 atom stereocenters. The second kappa shape index (κ2) is 5.72. The van der Waals surface area contributed by atoms with E-state index in [1.807, 2.05) is 6.07 Å². The largest absolute Gasteiger partial charge is 0.254 e. The average Bonchev–Trinajstić information content (AvgIpc) is 2.42. The third-order valence-electron chi connectivity index (χ3n) is 2.52. The summed E-state index contributed by atoms with van der Waals surface area (Å²) < 4.78 is 38.4. The maximum atomic E-state index is 13.4. The number of hydrogen-bond donors (Lipinski definition) is 0. The lowest BCUT2D eigenvalue weighted by molar-refractivity contribution is 0.572. The van der Waals surface area contributed by atoms with Gasteiger partial charge in [0.1, 0.15) is 11.6 Å². The normalized spacial score (nSPS) is 11.8. The molecule has 2 aromatic carbocycles. The van der Waals surface area contributed by atoms with Gasteiger partial charge in [-0.3, -0.25) is 4.21 Å². The molecule has 2 rings (SSSR count). The number of nitrogens with zero attached hydrogens (tertiary/aromatic N) is 1. The van der Waals surface area contributed by atoms with Gasteiger partial charge in [-0.15, -0.1) is 0 Å². The Kier molecular flexibility index (Phi) is 4.03. The minimum atomic E-state index is -1.66. The molecular formula is C14H9F2NOS. The van der Waals surface area contributed by atoms with E-state index in [0.717, 1.165) is 18.2 Å². The Morgan fingerprint density at radius 2 is 1.79 bits per heavy atom. The zero-order chi connectivity index (χ0) is 13.8. The van der Waals surface area contributed by atoms with Crippen molar-refractivity contribution in [2.75, 3.05) is 0 Å². The Bertz CT molecular complexity index is 662. The van der Waals surface area contributed by atoms with E-state index in [1.54, 1.807) is 24.3 Å².